The standard InChI is InChI=1S/C15H10O6S2/c16-13(17)8-1-4-10(5-2-8)22-23-12-6-3-9(14(18)19)7-11(12)15(20)21/h1-7H,(H,16,17)(H,18,19)(H,20,21). The number of hydrogen-bond donors (Lipinski definition) is 3. The average Bonchev–Trinajstić information content (AvgIpc) is 2.52. The molecule has 118 valence electrons. The maximum Gasteiger partial charge on any atom is 0.336 e. The Bertz CT molecular complexity index is 770. The topological polar surface area (TPSA) is 112 Å². The van der Waals surface area contributed by atoms with E-state index in [1.165, 1.54) is 35.1 Å². The summed E-state index contributed by atoms with van der Waals surface area (Å²) in [5, 5.41) is 26.9. The molecule has 0 fully saturated rings. The second-order valence-corrected chi connectivity index (χ2v) is 6.56. The molecule has 0 aliphatic carbocycles. The van der Waals surface area contributed by atoms with Crippen LogP contribution in [0.3, 0.4) is 0 Å². The Morgan fingerprint density at radius 1 is 0.696 bits per heavy atom. The molecule has 0 aromatic heterocycles. The first-order chi connectivity index (χ1) is 10.9. The van der Waals surface area contributed by atoms with Crippen LogP contribution in [0.1, 0.15) is 31.1 Å². The van der Waals surface area contributed by atoms with Crippen LogP contribution in [-0.4, -0.2) is 33.2 Å². The number of hydrogen-bond acceptors (Lipinski definition) is 5. The van der Waals surface area contributed by atoms with E-state index in [2.05, 4.69) is 0 Å². The monoisotopic (exact) mass is 350 g/mol. The third kappa shape index (κ3) is 4.27. The highest BCUT2D eigenvalue weighted by molar-refractivity contribution is 8.76. The molecule has 2 aromatic rings. The number of carbonyl (C=O) groups is 3. The molecule has 0 saturated carbocycles. The first kappa shape index (κ1) is 16.9. The zero-order chi connectivity index (χ0) is 17.0. The zero-order valence-electron chi connectivity index (χ0n) is 11.4. The highest BCUT2D eigenvalue weighted by Crippen LogP contribution is 2.39. The summed E-state index contributed by atoms with van der Waals surface area (Å²) in [4.78, 5) is 34.1. The van der Waals surface area contributed by atoms with Crippen LogP contribution in [-0.2, 0) is 0 Å². The maximum atomic E-state index is 11.2. The van der Waals surface area contributed by atoms with Gasteiger partial charge in [-0.3, -0.25) is 0 Å². The summed E-state index contributed by atoms with van der Waals surface area (Å²) in [5.74, 6) is -3.43. The summed E-state index contributed by atoms with van der Waals surface area (Å²) in [7, 11) is 2.41. The molecule has 2 rings (SSSR count). The Kier molecular flexibility index (Phi) is 5.30. The van der Waals surface area contributed by atoms with Crippen molar-refractivity contribution in [2.45, 2.75) is 9.79 Å². The highest BCUT2D eigenvalue weighted by Gasteiger charge is 2.15. The lowest BCUT2D eigenvalue weighted by Gasteiger charge is -2.06. The van der Waals surface area contributed by atoms with E-state index in [9.17, 15) is 19.5 Å². The van der Waals surface area contributed by atoms with Gasteiger partial charge in [-0.2, -0.15) is 0 Å². The molecule has 23 heavy (non-hydrogen) atoms. The van der Waals surface area contributed by atoms with Crippen molar-refractivity contribution in [1.29, 1.82) is 0 Å². The molecule has 0 unspecified atom stereocenters. The van der Waals surface area contributed by atoms with Crippen LogP contribution in [0.5, 0.6) is 0 Å². The molecule has 8 heteroatoms. The van der Waals surface area contributed by atoms with E-state index in [-0.39, 0.29) is 16.7 Å². The van der Waals surface area contributed by atoms with Gasteiger partial charge in [0, 0.05) is 9.79 Å². The molecule has 0 spiro atoms. The molecule has 0 heterocycles. The van der Waals surface area contributed by atoms with Gasteiger partial charge in [0.1, 0.15) is 0 Å². The van der Waals surface area contributed by atoms with Gasteiger partial charge in [-0.05, 0) is 42.5 Å². The lowest BCUT2D eigenvalue weighted by molar-refractivity contribution is 0.0680. The van der Waals surface area contributed by atoms with Crippen molar-refractivity contribution >= 4 is 39.5 Å². The third-order valence-corrected chi connectivity index (χ3v) is 5.24. The lowest BCUT2D eigenvalue weighted by atomic mass is 10.1. The van der Waals surface area contributed by atoms with E-state index < -0.39 is 17.9 Å². The van der Waals surface area contributed by atoms with Gasteiger partial charge < -0.3 is 15.3 Å². The minimum Gasteiger partial charge on any atom is -0.478 e. The van der Waals surface area contributed by atoms with Crippen molar-refractivity contribution < 1.29 is 29.7 Å². The van der Waals surface area contributed by atoms with Crippen LogP contribution in [0.2, 0.25) is 0 Å². The van der Waals surface area contributed by atoms with Crippen molar-refractivity contribution in [3.05, 3.63) is 59.2 Å². The van der Waals surface area contributed by atoms with E-state index in [4.69, 9.17) is 10.2 Å². The Balaban J connectivity index is 2.18. The molecule has 0 bridgehead atoms. The fourth-order valence-corrected chi connectivity index (χ4v) is 3.77. The molecule has 2 aromatic carbocycles. The number of carboxylic acid groups (broad SMARTS) is 3. The summed E-state index contributed by atoms with van der Waals surface area (Å²) in [6.07, 6.45) is 0. The van der Waals surface area contributed by atoms with Gasteiger partial charge in [-0.25, -0.2) is 14.4 Å². The number of carboxylic acids is 3. The smallest absolute Gasteiger partial charge is 0.336 e. The summed E-state index contributed by atoms with van der Waals surface area (Å²) in [5.41, 5.74) is -0.0245. The fraction of sp³-hybridized carbons (Fsp3) is 0. The van der Waals surface area contributed by atoms with Crippen molar-refractivity contribution in [3.63, 3.8) is 0 Å². The van der Waals surface area contributed by atoms with Gasteiger partial charge in [0.05, 0.1) is 16.7 Å². The van der Waals surface area contributed by atoms with E-state index in [1.54, 1.807) is 12.1 Å². The number of aromatic carboxylic acids is 3. The summed E-state index contributed by atoms with van der Waals surface area (Å²) < 4.78 is 0. The van der Waals surface area contributed by atoms with Crippen LogP contribution in [0.25, 0.3) is 0 Å². The van der Waals surface area contributed by atoms with Crippen molar-refractivity contribution in [2.24, 2.45) is 0 Å². The molecule has 0 saturated heterocycles. The third-order valence-electron chi connectivity index (χ3n) is 2.79. The van der Waals surface area contributed by atoms with Gasteiger partial charge in [-0.15, -0.1) is 0 Å². The molecule has 0 aliphatic rings. The largest absolute Gasteiger partial charge is 0.478 e. The Morgan fingerprint density at radius 3 is 1.78 bits per heavy atom. The molecule has 3 N–H and O–H groups in total. The highest BCUT2D eigenvalue weighted by atomic mass is 33.1. The molecule has 0 radical (unpaired) electrons. The Morgan fingerprint density at radius 2 is 1.26 bits per heavy atom. The SMILES string of the molecule is O=C(O)c1ccc(SSc2ccc(C(=O)O)cc2C(=O)O)cc1. The van der Waals surface area contributed by atoms with E-state index in [1.807, 2.05) is 0 Å². The molecule has 6 nitrogen and oxygen atoms in total. The summed E-state index contributed by atoms with van der Waals surface area (Å²) in [6.45, 7) is 0. The van der Waals surface area contributed by atoms with Gasteiger partial charge in [0.15, 0.2) is 0 Å². The normalized spacial score (nSPS) is 10.3. The van der Waals surface area contributed by atoms with E-state index in [0.29, 0.717) is 4.90 Å². The fourth-order valence-electron chi connectivity index (χ4n) is 1.65. The van der Waals surface area contributed by atoms with Crippen LogP contribution >= 0.6 is 21.6 Å². The Hall–Kier alpha value is -2.45. The van der Waals surface area contributed by atoms with Crippen molar-refractivity contribution in [3.8, 4) is 0 Å². The quantitative estimate of drug-likeness (QED) is 0.678. The predicted octanol–water partition coefficient (Wildman–Crippen LogP) is 3.58. The van der Waals surface area contributed by atoms with E-state index >= 15 is 0 Å². The average molecular weight is 350 g/mol. The molecular weight excluding hydrogens is 340 g/mol. The molecular formula is C15H10O6S2. The minimum absolute atomic E-state index is 0.0930. The first-order valence-electron chi connectivity index (χ1n) is 6.17. The van der Waals surface area contributed by atoms with Crippen LogP contribution in [0, 0.1) is 0 Å². The predicted molar refractivity (Wildman–Crippen MR) is 85.5 cm³/mol. The minimum atomic E-state index is -1.21. The summed E-state index contributed by atoms with van der Waals surface area (Å²) >= 11 is 0. The Labute approximate surface area is 138 Å². The molecule has 0 aliphatic heterocycles. The lowest BCUT2D eigenvalue weighted by Crippen LogP contribution is -2.03. The van der Waals surface area contributed by atoms with Gasteiger partial charge >= 0.3 is 17.9 Å². The molecule has 0 amide bonds. The second-order valence-electron chi connectivity index (χ2n) is 4.32. The first-order valence-corrected chi connectivity index (χ1v) is 8.32. The second kappa shape index (κ2) is 7.21. The number of rotatable bonds is 6. The van der Waals surface area contributed by atoms with Crippen LogP contribution in [0.15, 0.2) is 52.3 Å². The van der Waals surface area contributed by atoms with Crippen molar-refractivity contribution in [2.75, 3.05) is 0 Å². The number of benzene rings is 2. The van der Waals surface area contributed by atoms with Gasteiger partial charge in [0.25, 0.3) is 0 Å². The van der Waals surface area contributed by atoms with Crippen LogP contribution < -0.4 is 0 Å². The molecule has 0 atom stereocenters. The van der Waals surface area contributed by atoms with Gasteiger partial charge in [-0.1, -0.05) is 21.6 Å². The van der Waals surface area contributed by atoms with Crippen molar-refractivity contribution in [1.82, 2.24) is 0 Å². The zero-order valence-corrected chi connectivity index (χ0v) is 13.1. The summed E-state index contributed by atoms with van der Waals surface area (Å²) in [6, 6.07) is 10.0. The van der Waals surface area contributed by atoms with E-state index in [0.717, 1.165) is 21.8 Å². The van der Waals surface area contributed by atoms with Gasteiger partial charge in [0.2, 0.25) is 0 Å². The maximum absolute atomic E-state index is 11.2. The van der Waals surface area contributed by atoms with Crippen LogP contribution in [0.4, 0.5) is 0 Å².